The molecule has 1 aliphatic heterocycles. The average molecular weight is 425 g/mol. The number of morpholine rings is 1. The molecule has 0 radical (unpaired) electrons. The van der Waals surface area contributed by atoms with E-state index in [4.69, 9.17) is 14.5 Å². The minimum atomic E-state index is -0.298. The summed E-state index contributed by atoms with van der Waals surface area (Å²) in [6.07, 6.45) is 0. The molecular weight excluding hydrogens is 398 g/mol. The van der Waals surface area contributed by atoms with Crippen LogP contribution in [0.2, 0.25) is 0 Å². The van der Waals surface area contributed by atoms with Crippen molar-refractivity contribution in [1.29, 1.82) is 0 Å². The third kappa shape index (κ3) is 4.27. The number of nitrogens with one attached hydrogen (secondary N) is 1. The molecule has 1 aliphatic rings. The van der Waals surface area contributed by atoms with Crippen molar-refractivity contribution >= 4 is 28.6 Å². The normalized spacial score (nSPS) is 14.1. The first-order valence-electron chi connectivity index (χ1n) is 10.4. The highest BCUT2D eigenvalue weighted by molar-refractivity contribution is 5.91. The van der Waals surface area contributed by atoms with E-state index < -0.39 is 0 Å². The van der Waals surface area contributed by atoms with Gasteiger partial charge in [0, 0.05) is 31.5 Å². The summed E-state index contributed by atoms with van der Waals surface area (Å²) in [5.41, 5.74) is 2.46. The van der Waals surface area contributed by atoms with Crippen molar-refractivity contribution in [2.24, 2.45) is 7.05 Å². The Morgan fingerprint density at radius 3 is 2.61 bits per heavy atom. The van der Waals surface area contributed by atoms with Crippen LogP contribution < -0.4 is 20.5 Å². The standard InChI is InChI=1S/C22H27N5O4/c1-4-31-17-7-5-16(6-8-17)23-19(28)14-27-21(29)20-18(13-15(2)25(20)3)24-22(27)26-9-11-30-12-10-26/h5-8,13H,4,9-12,14H2,1-3H3,(H,23,28). The van der Waals surface area contributed by atoms with Gasteiger partial charge in [-0.1, -0.05) is 0 Å². The van der Waals surface area contributed by atoms with Gasteiger partial charge in [0.05, 0.1) is 25.3 Å². The number of hydrogen-bond donors (Lipinski definition) is 1. The lowest BCUT2D eigenvalue weighted by molar-refractivity contribution is -0.116. The highest BCUT2D eigenvalue weighted by Crippen LogP contribution is 2.20. The van der Waals surface area contributed by atoms with Crippen molar-refractivity contribution in [3.8, 4) is 5.75 Å². The highest BCUT2D eigenvalue weighted by Gasteiger charge is 2.22. The fraction of sp³-hybridized carbons (Fsp3) is 0.409. The number of aromatic nitrogens is 3. The Kier molecular flexibility index (Phi) is 5.94. The molecule has 9 nitrogen and oxygen atoms in total. The van der Waals surface area contributed by atoms with Crippen LogP contribution in [-0.4, -0.2) is 52.9 Å². The van der Waals surface area contributed by atoms with E-state index in [2.05, 4.69) is 5.32 Å². The average Bonchev–Trinajstić information content (AvgIpc) is 3.06. The minimum Gasteiger partial charge on any atom is -0.494 e. The second-order valence-corrected chi connectivity index (χ2v) is 7.49. The lowest BCUT2D eigenvalue weighted by Gasteiger charge is -2.29. The first-order valence-corrected chi connectivity index (χ1v) is 10.4. The summed E-state index contributed by atoms with van der Waals surface area (Å²) in [6.45, 7) is 6.63. The van der Waals surface area contributed by atoms with Crippen molar-refractivity contribution in [1.82, 2.24) is 14.1 Å². The molecule has 3 aromatic rings. The molecule has 0 aliphatic carbocycles. The Hall–Kier alpha value is -3.33. The zero-order valence-electron chi connectivity index (χ0n) is 18.1. The monoisotopic (exact) mass is 425 g/mol. The van der Waals surface area contributed by atoms with Crippen LogP contribution in [0.15, 0.2) is 35.1 Å². The number of aryl methyl sites for hydroxylation is 2. The van der Waals surface area contributed by atoms with Gasteiger partial charge in [-0.25, -0.2) is 4.98 Å². The van der Waals surface area contributed by atoms with Gasteiger partial charge in [-0.05, 0) is 44.2 Å². The molecule has 2 aromatic heterocycles. The molecule has 1 N–H and O–H groups in total. The van der Waals surface area contributed by atoms with Gasteiger partial charge in [0.15, 0.2) is 0 Å². The number of benzene rings is 1. The van der Waals surface area contributed by atoms with Gasteiger partial charge in [-0.15, -0.1) is 0 Å². The summed E-state index contributed by atoms with van der Waals surface area (Å²) in [6, 6.07) is 9.04. The van der Waals surface area contributed by atoms with Gasteiger partial charge in [0.1, 0.15) is 17.8 Å². The molecule has 9 heteroatoms. The summed E-state index contributed by atoms with van der Waals surface area (Å²) in [5, 5.41) is 2.85. The van der Waals surface area contributed by atoms with E-state index in [0.29, 0.717) is 55.6 Å². The Bertz CT molecular complexity index is 1140. The Morgan fingerprint density at radius 1 is 1.23 bits per heavy atom. The van der Waals surface area contributed by atoms with Crippen LogP contribution in [0.3, 0.4) is 0 Å². The Balaban J connectivity index is 1.66. The van der Waals surface area contributed by atoms with Crippen molar-refractivity contribution in [3.05, 3.63) is 46.4 Å². The van der Waals surface area contributed by atoms with Crippen LogP contribution in [-0.2, 0) is 23.1 Å². The molecule has 3 heterocycles. The first kappa shape index (κ1) is 20.9. The molecule has 1 amide bonds. The summed E-state index contributed by atoms with van der Waals surface area (Å²) < 4.78 is 14.1. The molecule has 0 spiro atoms. The number of ether oxygens (including phenoxy) is 2. The summed E-state index contributed by atoms with van der Waals surface area (Å²) in [7, 11) is 1.83. The largest absolute Gasteiger partial charge is 0.494 e. The highest BCUT2D eigenvalue weighted by atomic mass is 16.5. The number of amides is 1. The number of carbonyl (C=O) groups excluding carboxylic acids is 1. The fourth-order valence-corrected chi connectivity index (χ4v) is 3.73. The lowest BCUT2D eigenvalue weighted by atomic mass is 10.3. The molecule has 0 bridgehead atoms. The SMILES string of the molecule is CCOc1ccc(NC(=O)Cn2c(N3CCOCC3)nc3cc(C)n(C)c3c2=O)cc1. The minimum absolute atomic E-state index is 0.133. The number of rotatable bonds is 6. The van der Waals surface area contributed by atoms with Crippen LogP contribution in [0.25, 0.3) is 11.0 Å². The summed E-state index contributed by atoms with van der Waals surface area (Å²) in [4.78, 5) is 33.0. The summed E-state index contributed by atoms with van der Waals surface area (Å²) >= 11 is 0. The number of fused-ring (bicyclic) bond motifs is 1. The number of anilines is 2. The van der Waals surface area contributed by atoms with E-state index in [1.807, 2.05) is 36.4 Å². The molecule has 4 rings (SSSR count). The molecule has 164 valence electrons. The van der Waals surface area contributed by atoms with Gasteiger partial charge in [-0.3, -0.25) is 14.2 Å². The zero-order valence-corrected chi connectivity index (χ0v) is 18.1. The second kappa shape index (κ2) is 8.81. The molecule has 1 fully saturated rings. The van der Waals surface area contributed by atoms with E-state index in [1.165, 1.54) is 4.57 Å². The molecule has 31 heavy (non-hydrogen) atoms. The van der Waals surface area contributed by atoms with Gasteiger partial charge < -0.3 is 24.3 Å². The third-order valence-corrected chi connectivity index (χ3v) is 5.41. The van der Waals surface area contributed by atoms with Crippen LogP contribution in [0, 0.1) is 6.92 Å². The van der Waals surface area contributed by atoms with Crippen LogP contribution >= 0.6 is 0 Å². The van der Waals surface area contributed by atoms with E-state index in [1.54, 1.807) is 24.3 Å². The molecule has 1 aromatic carbocycles. The van der Waals surface area contributed by atoms with Crippen LogP contribution in [0.1, 0.15) is 12.6 Å². The van der Waals surface area contributed by atoms with Crippen molar-refractivity contribution < 1.29 is 14.3 Å². The maximum atomic E-state index is 13.4. The summed E-state index contributed by atoms with van der Waals surface area (Å²) in [5.74, 6) is 0.932. The maximum Gasteiger partial charge on any atom is 0.279 e. The number of carbonyl (C=O) groups is 1. The van der Waals surface area contributed by atoms with Crippen LogP contribution in [0.4, 0.5) is 11.6 Å². The molecule has 1 saturated heterocycles. The van der Waals surface area contributed by atoms with Gasteiger partial charge in [0.2, 0.25) is 11.9 Å². The molecule has 0 saturated carbocycles. The topological polar surface area (TPSA) is 90.6 Å². The third-order valence-electron chi connectivity index (χ3n) is 5.41. The van der Waals surface area contributed by atoms with Gasteiger partial charge >= 0.3 is 0 Å². The lowest BCUT2D eigenvalue weighted by Crippen LogP contribution is -2.42. The second-order valence-electron chi connectivity index (χ2n) is 7.49. The Labute approximate surface area is 180 Å². The smallest absolute Gasteiger partial charge is 0.279 e. The molecule has 0 atom stereocenters. The van der Waals surface area contributed by atoms with Crippen LogP contribution in [0.5, 0.6) is 5.75 Å². The van der Waals surface area contributed by atoms with Crippen molar-refractivity contribution in [2.45, 2.75) is 20.4 Å². The fourth-order valence-electron chi connectivity index (χ4n) is 3.73. The van der Waals surface area contributed by atoms with Crippen molar-refractivity contribution in [2.75, 3.05) is 43.1 Å². The Morgan fingerprint density at radius 2 is 1.94 bits per heavy atom. The number of hydrogen-bond acceptors (Lipinski definition) is 6. The first-order chi connectivity index (χ1) is 15.0. The van der Waals surface area contributed by atoms with E-state index in [9.17, 15) is 9.59 Å². The maximum absolute atomic E-state index is 13.4. The van der Waals surface area contributed by atoms with E-state index in [0.717, 1.165) is 11.4 Å². The van der Waals surface area contributed by atoms with Gasteiger partial charge in [-0.2, -0.15) is 0 Å². The zero-order chi connectivity index (χ0) is 22.0. The number of nitrogens with zero attached hydrogens (tertiary/aromatic N) is 4. The predicted octanol–water partition coefficient (Wildman–Crippen LogP) is 1.92. The van der Waals surface area contributed by atoms with E-state index in [-0.39, 0.29) is 18.0 Å². The predicted molar refractivity (Wildman–Crippen MR) is 119 cm³/mol. The van der Waals surface area contributed by atoms with Gasteiger partial charge in [0.25, 0.3) is 5.56 Å². The molecule has 0 unspecified atom stereocenters. The van der Waals surface area contributed by atoms with Crippen molar-refractivity contribution in [3.63, 3.8) is 0 Å². The quantitative estimate of drug-likeness (QED) is 0.649. The molecular formula is C22H27N5O4. The van der Waals surface area contributed by atoms with E-state index >= 15 is 0 Å².